The number of carbonyl (C=O) groups is 1. The van der Waals surface area contributed by atoms with Gasteiger partial charge in [-0.3, -0.25) is 4.79 Å². The molecule has 1 aliphatic heterocycles. The number of nitrogens with one attached hydrogen (secondary N) is 2. The summed E-state index contributed by atoms with van der Waals surface area (Å²) < 4.78 is 1.68. The molecule has 1 unspecified atom stereocenters. The number of anilines is 1. The van der Waals surface area contributed by atoms with E-state index in [0.717, 1.165) is 27.8 Å². The molecule has 6 nitrogen and oxygen atoms in total. The molecule has 0 saturated heterocycles. The summed E-state index contributed by atoms with van der Waals surface area (Å²) in [7, 11) is 0. The van der Waals surface area contributed by atoms with E-state index in [1.165, 1.54) is 0 Å². The SMILES string of the molecule is O=C1NNc2c3ccccc3c(-c3ccccc3)n[n+]2C1CCO. The maximum Gasteiger partial charge on any atom is 0.327 e. The first-order valence-electron chi connectivity index (χ1n) is 7.86. The summed E-state index contributed by atoms with van der Waals surface area (Å²) >= 11 is 0. The Labute approximate surface area is 138 Å². The number of aliphatic hydroxyl groups is 1. The minimum Gasteiger partial charge on any atom is -0.396 e. The number of aromatic nitrogens is 2. The lowest BCUT2D eigenvalue weighted by Crippen LogP contribution is -2.59. The van der Waals surface area contributed by atoms with Crippen LogP contribution >= 0.6 is 0 Å². The predicted octanol–water partition coefficient (Wildman–Crippen LogP) is 1.57. The smallest absolute Gasteiger partial charge is 0.327 e. The summed E-state index contributed by atoms with van der Waals surface area (Å²) in [5, 5.41) is 16.0. The molecule has 0 fully saturated rings. The molecule has 0 saturated carbocycles. The van der Waals surface area contributed by atoms with Crippen molar-refractivity contribution in [3.63, 3.8) is 0 Å². The Balaban J connectivity index is 2.02. The molecular formula is C18H17N4O2+. The summed E-state index contributed by atoms with van der Waals surface area (Å²) in [6.07, 6.45) is 0.310. The second-order valence-electron chi connectivity index (χ2n) is 5.70. The van der Waals surface area contributed by atoms with Crippen molar-refractivity contribution in [1.82, 2.24) is 10.5 Å². The molecule has 0 radical (unpaired) electrons. The number of rotatable bonds is 3. The predicted molar refractivity (Wildman–Crippen MR) is 89.9 cm³/mol. The Morgan fingerprint density at radius 1 is 1.00 bits per heavy atom. The molecule has 1 atom stereocenters. The average Bonchev–Trinajstić information content (AvgIpc) is 2.64. The number of carbonyl (C=O) groups excluding carboxylic acids is 1. The van der Waals surface area contributed by atoms with Gasteiger partial charge in [-0.05, 0) is 6.07 Å². The molecule has 2 aromatic carbocycles. The lowest BCUT2D eigenvalue weighted by atomic mass is 10.0. The molecule has 3 aromatic rings. The van der Waals surface area contributed by atoms with Gasteiger partial charge in [0, 0.05) is 24.0 Å². The van der Waals surface area contributed by atoms with E-state index in [2.05, 4.69) is 10.9 Å². The summed E-state index contributed by atoms with van der Waals surface area (Å²) in [5.41, 5.74) is 7.40. The lowest BCUT2D eigenvalue weighted by molar-refractivity contribution is -0.753. The number of hydrogen-bond donors (Lipinski definition) is 3. The van der Waals surface area contributed by atoms with Crippen LogP contribution in [-0.2, 0) is 4.79 Å². The van der Waals surface area contributed by atoms with Crippen LogP contribution in [0.25, 0.3) is 22.0 Å². The van der Waals surface area contributed by atoms with Crippen LogP contribution in [-0.4, -0.2) is 22.7 Å². The summed E-state index contributed by atoms with van der Waals surface area (Å²) in [4.78, 5) is 12.2. The Kier molecular flexibility index (Phi) is 3.59. The first-order chi connectivity index (χ1) is 11.8. The molecule has 4 rings (SSSR count). The third-order valence-electron chi connectivity index (χ3n) is 4.23. The van der Waals surface area contributed by atoms with Crippen molar-refractivity contribution in [3.05, 3.63) is 54.6 Å². The number of fused-ring (bicyclic) bond motifs is 3. The van der Waals surface area contributed by atoms with Gasteiger partial charge in [0.1, 0.15) is 5.69 Å². The van der Waals surface area contributed by atoms with Crippen molar-refractivity contribution in [2.24, 2.45) is 0 Å². The van der Waals surface area contributed by atoms with Crippen molar-refractivity contribution in [3.8, 4) is 11.3 Å². The monoisotopic (exact) mass is 321 g/mol. The number of nitrogens with zero attached hydrogens (tertiary/aromatic N) is 2. The normalized spacial score (nSPS) is 16.4. The van der Waals surface area contributed by atoms with Gasteiger partial charge in [-0.2, -0.15) is 10.9 Å². The highest BCUT2D eigenvalue weighted by Gasteiger charge is 2.36. The van der Waals surface area contributed by atoms with Crippen molar-refractivity contribution in [2.75, 3.05) is 12.0 Å². The van der Waals surface area contributed by atoms with Crippen LogP contribution in [0.5, 0.6) is 0 Å². The number of hydrogen-bond acceptors (Lipinski definition) is 4. The fourth-order valence-electron chi connectivity index (χ4n) is 3.08. The van der Waals surface area contributed by atoms with Crippen LogP contribution in [0, 0.1) is 0 Å². The van der Waals surface area contributed by atoms with Crippen LogP contribution in [0.4, 0.5) is 5.82 Å². The Morgan fingerprint density at radius 3 is 2.46 bits per heavy atom. The molecule has 1 aromatic heterocycles. The Bertz CT molecular complexity index is 912. The van der Waals surface area contributed by atoms with Crippen LogP contribution in [0.1, 0.15) is 12.5 Å². The fraction of sp³-hybridized carbons (Fsp3) is 0.167. The van der Waals surface area contributed by atoms with Gasteiger partial charge < -0.3 is 5.11 Å². The minimum absolute atomic E-state index is 0.0836. The van der Waals surface area contributed by atoms with E-state index in [4.69, 9.17) is 5.10 Å². The quantitative estimate of drug-likeness (QED) is 0.640. The standard InChI is InChI=1S/C18H16N4O2/c23-11-10-15-18(24)20-19-17-14-9-5-4-8-13(14)16(21-22(15)17)12-6-2-1-3-7-12/h1-9,15,23H,10-11H2,(H,20,21,24)/p+1. The van der Waals surface area contributed by atoms with Crippen LogP contribution in [0.2, 0.25) is 0 Å². The van der Waals surface area contributed by atoms with Crippen molar-refractivity contribution in [2.45, 2.75) is 12.5 Å². The Hall–Kier alpha value is -2.99. The summed E-state index contributed by atoms with van der Waals surface area (Å²) in [5.74, 6) is 0.520. The topological polar surface area (TPSA) is 78.1 Å². The highest BCUT2D eigenvalue weighted by molar-refractivity contribution is 5.99. The van der Waals surface area contributed by atoms with E-state index in [0.29, 0.717) is 6.42 Å². The molecule has 0 aliphatic carbocycles. The van der Waals surface area contributed by atoms with Crippen LogP contribution in [0.3, 0.4) is 0 Å². The lowest BCUT2D eigenvalue weighted by Gasteiger charge is -2.21. The maximum atomic E-state index is 12.2. The molecule has 6 heteroatoms. The maximum absolute atomic E-state index is 12.2. The number of aliphatic hydroxyl groups excluding tert-OH is 1. The van der Waals surface area contributed by atoms with E-state index in [-0.39, 0.29) is 12.5 Å². The van der Waals surface area contributed by atoms with E-state index < -0.39 is 6.04 Å². The van der Waals surface area contributed by atoms with E-state index in [9.17, 15) is 9.90 Å². The number of benzene rings is 2. The molecule has 1 amide bonds. The van der Waals surface area contributed by atoms with Gasteiger partial charge in [0.15, 0.2) is 0 Å². The van der Waals surface area contributed by atoms with Crippen molar-refractivity contribution >= 4 is 22.5 Å². The number of hydrazine groups is 1. The average molecular weight is 321 g/mol. The zero-order valence-electron chi connectivity index (χ0n) is 12.9. The van der Waals surface area contributed by atoms with E-state index >= 15 is 0 Å². The van der Waals surface area contributed by atoms with Crippen LogP contribution < -0.4 is 15.5 Å². The Morgan fingerprint density at radius 2 is 1.71 bits per heavy atom. The second-order valence-corrected chi connectivity index (χ2v) is 5.70. The first kappa shape index (κ1) is 14.6. The summed E-state index contributed by atoms with van der Waals surface area (Å²) in [6, 6.07) is 17.3. The van der Waals surface area contributed by atoms with Gasteiger partial charge in [-0.1, -0.05) is 53.6 Å². The molecule has 24 heavy (non-hydrogen) atoms. The third kappa shape index (κ3) is 2.28. The largest absolute Gasteiger partial charge is 0.396 e. The first-order valence-corrected chi connectivity index (χ1v) is 7.86. The minimum atomic E-state index is -0.543. The van der Waals surface area contributed by atoms with Gasteiger partial charge in [-0.15, -0.1) is 4.68 Å². The van der Waals surface area contributed by atoms with Crippen molar-refractivity contribution < 1.29 is 14.6 Å². The van der Waals surface area contributed by atoms with Gasteiger partial charge in [-0.25, -0.2) is 0 Å². The van der Waals surface area contributed by atoms with E-state index in [1.807, 2.05) is 54.6 Å². The highest BCUT2D eigenvalue weighted by Crippen LogP contribution is 2.30. The highest BCUT2D eigenvalue weighted by atomic mass is 16.3. The molecule has 0 bridgehead atoms. The molecule has 120 valence electrons. The molecule has 2 heterocycles. The summed E-state index contributed by atoms with van der Waals surface area (Å²) in [6.45, 7) is -0.0836. The zero-order chi connectivity index (χ0) is 16.5. The van der Waals surface area contributed by atoms with Crippen molar-refractivity contribution in [1.29, 1.82) is 0 Å². The zero-order valence-corrected chi connectivity index (χ0v) is 12.9. The second kappa shape index (κ2) is 5.90. The molecule has 0 spiro atoms. The van der Waals surface area contributed by atoms with Gasteiger partial charge in [0.05, 0.1) is 5.39 Å². The van der Waals surface area contributed by atoms with E-state index in [1.54, 1.807) is 4.68 Å². The molecular weight excluding hydrogens is 304 g/mol. The molecule has 3 N–H and O–H groups in total. The van der Waals surface area contributed by atoms with Crippen LogP contribution in [0.15, 0.2) is 54.6 Å². The number of amides is 1. The van der Waals surface area contributed by atoms with Gasteiger partial charge in [0.25, 0.3) is 0 Å². The third-order valence-corrected chi connectivity index (χ3v) is 4.23. The van der Waals surface area contributed by atoms with Gasteiger partial charge in [0.2, 0.25) is 6.04 Å². The molecule has 1 aliphatic rings. The van der Waals surface area contributed by atoms with Gasteiger partial charge >= 0.3 is 11.7 Å². The fourth-order valence-corrected chi connectivity index (χ4v) is 3.08.